The van der Waals surface area contributed by atoms with E-state index in [1.165, 1.54) is 12.1 Å². The Kier molecular flexibility index (Phi) is 8.62. The molecule has 23 heavy (non-hydrogen) atoms. The van der Waals surface area contributed by atoms with Gasteiger partial charge >= 0.3 is 13.3 Å². The number of benzene rings is 1. The molecule has 1 rings (SSSR count). The van der Waals surface area contributed by atoms with Crippen molar-refractivity contribution >= 4 is 12.6 Å². The Bertz CT molecular complexity index is 464. The summed E-state index contributed by atoms with van der Waals surface area (Å²) in [5.74, 6) is -0.636. The van der Waals surface area contributed by atoms with Crippen LogP contribution in [0, 0.1) is 5.82 Å². The van der Waals surface area contributed by atoms with Crippen LogP contribution in [0.3, 0.4) is 0 Å². The summed E-state index contributed by atoms with van der Waals surface area (Å²) in [5.41, 5.74) is 0.729. The minimum Gasteiger partial charge on any atom is -0.423 e. The van der Waals surface area contributed by atoms with Gasteiger partial charge in [0.15, 0.2) is 0 Å². The number of hydrogen-bond acceptors (Lipinski definition) is 2. The van der Waals surface area contributed by atoms with Crippen LogP contribution in [0.4, 0.5) is 17.6 Å². The van der Waals surface area contributed by atoms with Crippen LogP contribution in [0.25, 0.3) is 0 Å². The zero-order valence-corrected chi connectivity index (χ0v) is 13.1. The van der Waals surface area contributed by atoms with E-state index < -0.39 is 25.5 Å². The highest BCUT2D eigenvalue weighted by atomic mass is 19.4. The summed E-state index contributed by atoms with van der Waals surface area (Å²) >= 11 is 0. The van der Waals surface area contributed by atoms with Crippen LogP contribution in [0.15, 0.2) is 18.2 Å². The van der Waals surface area contributed by atoms with Gasteiger partial charge in [0, 0.05) is 11.9 Å². The Morgan fingerprint density at radius 2 is 1.43 bits per heavy atom. The highest BCUT2D eigenvalue weighted by molar-refractivity contribution is 6.58. The molecule has 0 heterocycles. The molecule has 0 bridgehead atoms. The van der Waals surface area contributed by atoms with E-state index in [-0.39, 0.29) is 11.9 Å². The Labute approximate surface area is 134 Å². The predicted octanol–water partition coefficient (Wildman–Crippen LogP) is 3.73. The first-order valence-corrected chi connectivity index (χ1v) is 8.01. The Morgan fingerprint density at radius 1 is 0.870 bits per heavy atom. The third kappa shape index (κ3) is 8.96. The van der Waals surface area contributed by atoms with Crippen molar-refractivity contribution in [3.05, 3.63) is 29.6 Å². The molecule has 0 aromatic heterocycles. The van der Waals surface area contributed by atoms with Crippen molar-refractivity contribution in [1.29, 1.82) is 0 Å². The molecule has 0 saturated heterocycles. The lowest BCUT2D eigenvalue weighted by atomic mass is 9.79. The lowest BCUT2D eigenvalue weighted by Gasteiger charge is -2.07. The van der Waals surface area contributed by atoms with Gasteiger partial charge in [0.1, 0.15) is 5.82 Å². The van der Waals surface area contributed by atoms with E-state index in [0.29, 0.717) is 12.8 Å². The van der Waals surface area contributed by atoms with Crippen LogP contribution in [-0.4, -0.2) is 23.3 Å². The monoisotopic (exact) mass is 334 g/mol. The Balaban J connectivity index is 2.10. The van der Waals surface area contributed by atoms with Gasteiger partial charge in [-0.05, 0) is 30.9 Å². The van der Waals surface area contributed by atoms with E-state index in [1.54, 1.807) is 6.07 Å². The molecule has 1 aromatic carbocycles. The van der Waals surface area contributed by atoms with Gasteiger partial charge < -0.3 is 10.0 Å². The highest BCUT2D eigenvalue weighted by Crippen LogP contribution is 2.23. The number of unbranched alkanes of at least 4 members (excludes halogenated alkanes) is 6. The van der Waals surface area contributed by atoms with E-state index in [9.17, 15) is 17.6 Å². The first-order valence-electron chi connectivity index (χ1n) is 8.01. The van der Waals surface area contributed by atoms with E-state index in [2.05, 4.69) is 0 Å². The van der Waals surface area contributed by atoms with Crippen molar-refractivity contribution in [2.24, 2.45) is 0 Å². The van der Waals surface area contributed by atoms with Crippen LogP contribution in [0.1, 0.15) is 56.9 Å². The van der Waals surface area contributed by atoms with Gasteiger partial charge in [0.05, 0.1) is 0 Å². The fourth-order valence-corrected chi connectivity index (χ4v) is 2.49. The molecule has 0 unspecified atom stereocenters. The first-order chi connectivity index (χ1) is 10.8. The summed E-state index contributed by atoms with van der Waals surface area (Å²) in [5, 5.41) is 18.1. The summed E-state index contributed by atoms with van der Waals surface area (Å²) in [6.07, 6.45) is 1.31. The maximum atomic E-state index is 13.3. The molecule has 0 aliphatic carbocycles. The Hall–Kier alpha value is -1.08. The largest absolute Gasteiger partial charge is 0.491 e. The molecule has 0 amide bonds. The molecular formula is C16H23BF4O2. The fraction of sp³-hybridized carbons (Fsp3) is 0.625. The van der Waals surface area contributed by atoms with Crippen LogP contribution in [0.2, 0.25) is 0 Å². The zero-order chi connectivity index (χ0) is 17.3. The molecule has 130 valence electrons. The molecular weight excluding hydrogens is 311 g/mol. The van der Waals surface area contributed by atoms with Crippen LogP contribution < -0.4 is 5.46 Å². The van der Waals surface area contributed by atoms with Crippen molar-refractivity contribution in [3.63, 3.8) is 0 Å². The molecule has 1 aromatic rings. The molecule has 0 radical (unpaired) electrons. The van der Waals surface area contributed by atoms with E-state index in [4.69, 9.17) is 10.0 Å². The van der Waals surface area contributed by atoms with E-state index in [1.807, 2.05) is 0 Å². The average Bonchev–Trinajstić information content (AvgIpc) is 2.45. The molecule has 2 N–H and O–H groups in total. The number of hydrogen-bond donors (Lipinski definition) is 2. The summed E-state index contributed by atoms with van der Waals surface area (Å²) in [6.45, 7) is 0. The summed E-state index contributed by atoms with van der Waals surface area (Å²) in [7, 11) is -1.81. The summed E-state index contributed by atoms with van der Waals surface area (Å²) in [6, 6.07) is 4.31. The van der Waals surface area contributed by atoms with Gasteiger partial charge in [0.2, 0.25) is 0 Å². The van der Waals surface area contributed by atoms with Gasteiger partial charge in [0.25, 0.3) is 0 Å². The first kappa shape index (κ1) is 20.0. The number of aryl methyl sites for hydroxylation is 1. The van der Waals surface area contributed by atoms with Gasteiger partial charge in [-0.15, -0.1) is 0 Å². The van der Waals surface area contributed by atoms with Gasteiger partial charge in [-0.2, -0.15) is 13.2 Å². The average molecular weight is 334 g/mol. The van der Waals surface area contributed by atoms with Gasteiger partial charge in [-0.25, -0.2) is 4.39 Å². The highest BCUT2D eigenvalue weighted by Gasteiger charge is 2.25. The SMILES string of the molecule is OB(O)c1cc(CCCCCCCCCC(F)(F)F)ccc1F. The molecule has 0 aliphatic heterocycles. The molecule has 2 nitrogen and oxygen atoms in total. The third-order valence-electron chi connectivity index (χ3n) is 3.76. The lowest BCUT2D eigenvalue weighted by molar-refractivity contribution is -0.135. The molecule has 0 aliphatic rings. The van der Waals surface area contributed by atoms with Gasteiger partial charge in [-0.1, -0.05) is 44.2 Å². The van der Waals surface area contributed by atoms with E-state index >= 15 is 0 Å². The second-order valence-corrected chi connectivity index (χ2v) is 5.82. The summed E-state index contributed by atoms with van der Waals surface area (Å²) in [4.78, 5) is 0. The van der Waals surface area contributed by atoms with Crippen molar-refractivity contribution < 1.29 is 27.6 Å². The van der Waals surface area contributed by atoms with Crippen LogP contribution >= 0.6 is 0 Å². The smallest absolute Gasteiger partial charge is 0.423 e. The van der Waals surface area contributed by atoms with Crippen molar-refractivity contribution in [2.45, 2.75) is 64.0 Å². The number of alkyl halides is 3. The standard InChI is InChI=1S/C16H23BF4O2/c18-15-10-9-13(12-14(15)17(22)23)8-6-4-2-1-3-5-7-11-16(19,20)21/h9-10,12,22-23H,1-8,11H2. The third-order valence-corrected chi connectivity index (χ3v) is 3.76. The van der Waals surface area contributed by atoms with E-state index in [0.717, 1.165) is 37.7 Å². The van der Waals surface area contributed by atoms with Crippen molar-refractivity contribution in [3.8, 4) is 0 Å². The minimum absolute atomic E-state index is 0.118. The maximum absolute atomic E-state index is 13.3. The molecule has 0 fully saturated rings. The van der Waals surface area contributed by atoms with Crippen molar-refractivity contribution in [1.82, 2.24) is 0 Å². The quantitative estimate of drug-likeness (QED) is 0.389. The zero-order valence-electron chi connectivity index (χ0n) is 13.1. The number of halogens is 4. The normalized spacial score (nSPS) is 11.7. The number of rotatable bonds is 10. The minimum atomic E-state index is -4.05. The molecule has 7 heteroatoms. The molecule has 0 spiro atoms. The second-order valence-electron chi connectivity index (χ2n) is 5.82. The van der Waals surface area contributed by atoms with Crippen LogP contribution in [-0.2, 0) is 6.42 Å². The van der Waals surface area contributed by atoms with Gasteiger partial charge in [-0.3, -0.25) is 0 Å². The summed E-state index contributed by atoms with van der Waals surface area (Å²) < 4.78 is 49.1. The molecule has 0 saturated carbocycles. The Morgan fingerprint density at radius 3 is 2.00 bits per heavy atom. The fourth-order valence-electron chi connectivity index (χ4n) is 2.49. The topological polar surface area (TPSA) is 40.5 Å². The van der Waals surface area contributed by atoms with Crippen LogP contribution in [0.5, 0.6) is 0 Å². The maximum Gasteiger partial charge on any atom is 0.491 e. The van der Waals surface area contributed by atoms with Crippen molar-refractivity contribution in [2.75, 3.05) is 0 Å². The lowest BCUT2D eigenvalue weighted by Crippen LogP contribution is -2.33. The predicted molar refractivity (Wildman–Crippen MR) is 82.9 cm³/mol. The second kappa shape index (κ2) is 9.93. The molecule has 0 atom stereocenters.